The molecule has 0 aliphatic carbocycles. The van der Waals surface area contributed by atoms with Gasteiger partial charge in [0.25, 0.3) is 0 Å². The van der Waals surface area contributed by atoms with Crippen molar-refractivity contribution in [2.24, 2.45) is 5.73 Å². The van der Waals surface area contributed by atoms with E-state index >= 15 is 0 Å². The fourth-order valence-electron chi connectivity index (χ4n) is 3.14. The number of benzene rings is 1. The van der Waals surface area contributed by atoms with Gasteiger partial charge in [0, 0.05) is 39.0 Å². The van der Waals surface area contributed by atoms with Crippen molar-refractivity contribution < 1.29 is 19.1 Å². The predicted molar refractivity (Wildman–Crippen MR) is 109 cm³/mol. The van der Waals surface area contributed by atoms with Gasteiger partial charge in [0.15, 0.2) is 0 Å². The summed E-state index contributed by atoms with van der Waals surface area (Å²) in [6.07, 6.45) is 1.33. The highest BCUT2D eigenvalue weighted by Crippen LogP contribution is 2.19. The molecule has 0 radical (unpaired) electrons. The summed E-state index contributed by atoms with van der Waals surface area (Å²) in [6.45, 7) is 8.98. The van der Waals surface area contributed by atoms with Crippen LogP contribution in [0.15, 0.2) is 24.3 Å². The van der Waals surface area contributed by atoms with E-state index in [1.54, 1.807) is 7.11 Å². The third kappa shape index (κ3) is 6.89. The van der Waals surface area contributed by atoms with Crippen molar-refractivity contribution in [3.63, 3.8) is 0 Å². The fourth-order valence-corrected chi connectivity index (χ4v) is 3.14. The number of anilines is 1. The van der Waals surface area contributed by atoms with Gasteiger partial charge in [0.1, 0.15) is 11.6 Å². The molecule has 2 N–H and O–H groups in total. The lowest BCUT2D eigenvalue weighted by Gasteiger charge is -2.34. The molecule has 1 aromatic rings. The Kier molecular flexibility index (Phi) is 7.98. The SMILES string of the molecule is COCCCN1CCN(c2ccc(C[C@H](N)C(=O)OC(C)(C)C)cc2)C(=O)C1. The van der Waals surface area contributed by atoms with E-state index in [0.717, 1.165) is 30.8 Å². The van der Waals surface area contributed by atoms with Gasteiger partial charge in [-0.25, -0.2) is 0 Å². The van der Waals surface area contributed by atoms with Crippen molar-refractivity contribution in [1.29, 1.82) is 0 Å². The van der Waals surface area contributed by atoms with E-state index in [1.807, 2.05) is 49.9 Å². The summed E-state index contributed by atoms with van der Waals surface area (Å²) >= 11 is 0. The number of hydrogen-bond donors (Lipinski definition) is 1. The molecule has 1 aromatic carbocycles. The molecule has 7 heteroatoms. The summed E-state index contributed by atoms with van der Waals surface area (Å²) < 4.78 is 10.4. The van der Waals surface area contributed by atoms with Crippen molar-refractivity contribution in [2.45, 2.75) is 45.3 Å². The Morgan fingerprint density at radius 1 is 1.21 bits per heavy atom. The van der Waals surface area contributed by atoms with Crippen LogP contribution in [0.2, 0.25) is 0 Å². The number of nitrogens with two attached hydrogens (primary N) is 1. The molecular weight excluding hydrogens is 358 g/mol. The summed E-state index contributed by atoms with van der Waals surface area (Å²) in [7, 11) is 1.69. The molecule has 1 heterocycles. The molecule has 0 saturated carbocycles. The molecule has 1 aliphatic rings. The van der Waals surface area contributed by atoms with Crippen LogP contribution in [0.1, 0.15) is 32.8 Å². The maximum Gasteiger partial charge on any atom is 0.323 e. The first kappa shape index (κ1) is 22.3. The summed E-state index contributed by atoms with van der Waals surface area (Å²) in [4.78, 5) is 28.5. The Bertz CT molecular complexity index is 655. The van der Waals surface area contributed by atoms with E-state index in [0.29, 0.717) is 26.1 Å². The van der Waals surface area contributed by atoms with Crippen LogP contribution in [0.25, 0.3) is 0 Å². The third-order valence-corrected chi connectivity index (χ3v) is 4.54. The second-order valence-electron chi connectivity index (χ2n) is 8.18. The van der Waals surface area contributed by atoms with E-state index in [2.05, 4.69) is 4.90 Å². The molecular formula is C21H33N3O4. The molecule has 0 bridgehead atoms. The lowest BCUT2D eigenvalue weighted by molar-refractivity contribution is -0.156. The van der Waals surface area contributed by atoms with Crippen LogP contribution >= 0.6 is 0 Å². The van der Waals surface area contributed by atoms with Crippen LogP contribution in [0, 0.1) is 0 Å². The molecule has 1 saturated heterocycles. The van der Waals surface area contributed by atoms with Gasteiger partial charge in [0.2, 0.25) is 5.91 Å². The first-order chi connectivity index (χ1) is 13.2. The number of carbonyl (C=O) groups excluding carboxylic acids is 2. The number of nitrogens with zero attached hydrogens (tertiary/aromatic N) is 2. The average molecular weight is 392 g/mol. The number of hydrogen-bond acceptors (Lipinski definition) is 6. The molecule has 28 heavy (non-hydrogen) atoms. The Morgan fingerprint density at radius 2 is 1.89 bits per heavy atom. The molecule has 1 atom stereocenters. The number of piperazine rings is 1. The highest BCUT2D eigenvalue weighted by atomic mass is 16.6. The van der Waals surface area contributed by atoms with Crippen LogP contribution in [0.5, 0.6) is 0 Å². The van der Waals surface area contributed by atoms with E-state index in [1.165, 1.54) is 0 Å². The fraction of sp³-hybridized carbons (Fsp3) is 0.619. The minimum Gasteiger partial charge on any atom is -0.459 e. The van der Waals surface area contributed by atoms with Gasteiger partial charge in [-0.3, -0.25) is 14.5 Å². The van der Waals surface area contributed by atoms with Crippen molar-refractivity contribution in [2.75, 3.05) is 44.8 Å². The molecule has 7 nitrogen and oxygen atoms in total. The van der Waals surface area contributed by atoms with Crippen molar-refractivity contribution in [1.82, 2.24) is 4.90 Å². The van der Waals surface area contributed by atoms with Gasteiger partial charge in [-0.2, -0.15) is 0 Å². The smallest absolute Gasteiger partial charge is 0.323 e. The zero-order chi connectivity index (χ0) is 20.7. The lowest BCUT2D eigenvalue weighted by atomic mass is 10.1. The van der Waals surface area contributed by atoms with Crippen LogP contribution in [0.4, 0.5) is 5.69 Å². The number of amides is 1. The summed E-state index contributed by atoms with van der Waals surface area (Å²) in [6, 6.07) is 6.95. The number of methoxy groups -OCH3 is 1. The Morgan fingerprint density at radius 3 is 2.46 bits per heavy atom. The molecule has 2 rings (SSSR count). The summed E-state index contributed by atoms with van der Waals surface area (Å²) in [5, 5.41) is 0. The topological polar surface area (TPSA) is 85.1 Å². The van der Waals surface area contributed by atoms with Crippen LogP contribution in [-0.4, -0.2) is 68.3 Å². The number of rotatable bonds is 8. The van der Waals surface area contributed by atoms with E-state index in [4.69, 9.17) is 15.2 Å². The van der Waals surface area contributed by atoms with E-state index < -0.39 is 17.6 Å². The molecule has 0 unspecified atom stereocenters. The highest BCUT2D eigenvalue weighted by Gasteiger charge is 2.25. The highest BCUT2D eigenvalue weighted by molar-refractivity contribution is 5.95. The summed E-state index contributed by atoms with van der Waals surface area (Å²) in [5.74, 6) is -0.307. The van der Waals surface area contributed by atoms with Crippen molar-refractivity contribution >= 4 is 17.6 Å². The maximum atomic E-state index is 12.5. The molecule has 156 valence electrons. The minimum absolute atomic E-state index is 0.0990. The van der Waals surface area contributed by atoms with Crippen molar-refractivity contribution in [3.8, 4) is 0 Å². The van der Waals surface area contributed by atoms with E-state index in [9.17, 15) is 9.59 Å². The lowest BCUT2D eigenvalue weighted by Crippen LogP contribution is -2.50. The van der Waals surface area contributed by atoms with Gasteiger partial charge in [-0.05, 0) is 51.3 Å². The largest absolute Gasteiger partial charge is 0.459 e. The Labute approximate surface area is 167 Å². The molecule has 0 aromatic heterocycles. The number of ether oxygens (including phenoxy) is 2. The van der Waals surface area contributed by atoms with Crippen LogP contribution < -0.4 is 10.6 Å². The van der Waals surface area contributed by atoms with Gasteiger partial charge >= 0.3 is 5.97 Å². The van der Waals surface area contributed by atoms with Crippen LogP contribution in [-0.2, 0) is 25.5 Å². The van der Waals surface area contributed by atoms with Gasteiger partial charge < -0.3 is 20.1 Å². The van der Waals surface area contributed by atoms with Crippen LogP contribution in [0.3, 0.4) is 0 Å². The normalized spacial score (nSPS) is 16.9. The Hall–Kier alpha value is -1.96. The average Bonchev–Trinajstić information content (AvgIpc) is 2.61. The molecule has 0 spiro atoms. The first-order valence-electron chi connectivity index (χ1n) is 9.78. The zero-order valence-electron chi connectivity index (χ0n) is 17.4. The first-order valence-corrected chi connectivity index (χ1v) is 9.78. The zero-order valence-corrected chi connectivity index (χ0v) is 17.4. The van der Waals surface area contributed by atoms with Gasteiger partial charge in [0.05, 0.1) is 6.54 Å². The number of carbonyl (C=O) groups is 2. The molecule has 1 aliphatic heterocycles. The monoisotopic (exact) mass is 391 g/mol. The standard InChI is InChI=1S/C21H33N3O4/c1-21(2,3)28-20(26)18(22)14-16-6-8-17(9-7-16)24-12-11-23(15-19(24)25)10-5-13-27-4/h6-9,18H,5,10-15,22H2,1-4H3/t18-/m0/s1. The molecule has 1 fully saturated rings. The quantitative estimate of drug-likeness (QED) is 0.535. The number of esters is 1. The van der Waals surface area contributed by atoms with Gasteiger partial charge in [-0.15, -0.1) is 0 Å². The second kappa shape index (κ2) is 10.0. The summed E-state index contributed by atoms with van der Waals surface area (Å²) in [5.41, 5.74) is 7.23. The van der Waals surface area contributed by atoms with Gasteiger partial charge in [-0.1, -0.05) is 12.1 Å². The second-order valence-corrected chi connectivity index (χ2v) is 8.18. The molecule has 1 amide bonds. The maximum absolute atomic E-state index is 12.5. The van der Waals surface area contributed by atoms with Crippen molar-refractivity contribution in [3.05, 3.63) is 29.8 Å². The predicted octanol–water partition coefficient (Wildman–Crippen LogP) is 1.58. The minimum atomic E-state index is -0.706. The Balaban J connectivity index is 1.88. The third-order valence-electron chi connectivity index (χ3n) is 4.54. The van der Waals surface area contributed by atoms with E-state index in [-0.39, 0.29) is 5.91 Å².